The lowest BCUT2D eigenvalue weighted by atomic mass is 10.0. The summed E-state index contributed by atoms with van der Waals surface area (Å²) in [7, 11) is 1.86. The predicted octanol–water partition coefficient (Wildman–Crippen LogP) is 6.50. The zero-order chi connectivity index (χ0) is 31.3. The van der Waals surface area contributed by atoms with Gasteiger partial charge in [-0.2, -0.15) is 0 Å². The number of hydrogen-bond donors (Lipinski definition) is 3. The Labute approximate surface area is 260 Å². The highest BCUT2D eigenvalue weighted by Crippen LogP contribution is 2.28. The molecule has 3 aromatic carbocycles. The molecule has 9 heteroatoms. The van der Waals surface area contributed by atoms with E-state index in [1.807, 2.05) is 72.6 Å². The van der Waals surface area contributed by atoms with Crippen LogP contribution in [0, 0.1) is 6.92 Å². The molecule has 1 aliphatic rings. The molecule has 9 nitrogen and oxygen atoms in total. The quantitative estimate of drug-likeness (QED) is 0.181. The van der Waals surface area contributed by atoms with Crippen LogP contribution in [0.3, 0.4) is 0 Å². The van der Waals surface area contributed by atoms with Crippen LogP contribution in [0.4, 0.5) is 16.2 Å². The lowest BCUT2D eigenvalue weighted by Crippen LogP contribution is -2.42. The van der Waals surface area contributed by atoms with Crippen LogP contribution in [0.15, 0.2) is 72.8 Å². The number of amides is 2. The van der Waals surface area contributed by atoms with E-state index < -0.39 is 12.1 Å². The molecule has 1 aliphatic heterocycles. The first-order valence-corrected chi connectivity index (χ1v) is 15.5. The fourth-order valence-electron chi connectivity index (χ4n) is 5.43. The van der Waals surface area contributed by atoms with Crippen LogP contribution < -0.4 is 10.6 Å². The number of carboxylic acids is 1. The highest BCUT2D eigenvalue weighted by Gasteiger charge is 2.23. The molecule has 0 unspecified atom stereocenters. The summed E-state index contributed by atoms with van der Waals surface area (Å²) >= 11 is 0. The Hall–Kier alpha value is -4.37. The molecule has 0 spiro atoms. The maximum atomic E-state index is 12.7. The normalized spacial score (nSPS) is 13.7. The molecule has 1 fully saturated rings. The number of nitrogens with zero attached hydrogens (tertiary/aromatic N) is 2. The number of likely N-dealkylation sites (tertiary alicyclic amines) is 1. The summed E-state index contributed by atoms with van der Waals surface area (Å²) in [5.74, 6) is -0.759. The second kappa shape index (κ2) is 16.5. The monoisotopic (exact) mass is 600 g/mol. The third-order valence-electron chi connectivity index (χ3n) is 8.09. The molecule has 0 radical (unpaired) electrons. The molecule has 1 heterocycles. The van der Waals surface area contributed by atoms with Gasteiger partial charge in [-0.25, -0.2) is 9.59 Å². The molecule has 3 aromatic rings. The van der Waals surface area contributed by atoms with Gasteiger partial charge in [0.05, 0.1) is 11.3 Å². The number of benzene rings is 3. The Bertz CT molecular complexity index is 1390. The average molecular weight is 601 g/mol. The van der Waals surface area contributed by atoms with Crippen molar-refractivity contribution in [2.45, 2.75) is 51.6 Å². The van der Waals surface area contributed by atoms with Crippen molar-refractivity contribution in [3.63, 3.8) is 0 Å². The Morgan fingerprint density at radius 2 is 1.68 bits per heavy atom. The van der Waals surface area contributed by atoms with Crippen LogP contribution >= 0.6 is 0 Å². The molecule has 4 rings (SSSR count). The van der Waals surface area contributed by atoms with Crippen molar-refractivity contribution in [2.75, 3.05) is 50.4 Å². The molecular weight excluding hydrogens is 556 g/mol. The van der Waals surface area contributed by atoms with Crippen molar-refractivity contribution >= 4 is 29.3 Å². The first-order chi connectivity index (χ1) is 21.3. The number of carbonyl (C=O) groups is 3. The minimum atomic E-state index is -0.915. The fraction of sp³-hybridized carbons (Fsp3) is 0.400. The van der Waals surface area contributed by atoms with E-state index >= 15 is 0 Å². The molecular formula is C35H44N4O5. The first-order valence-electron chi connectivity index (χ1n) is 15.5. The van der Waals surface area contributed by atoms with E-state index in [2.05, 4.69) is 15.5 Å². The van der Waals surface area contributed by atoms with Crippen molar-refractivity contribution in [2.24, 2.45) is 0 Å². The van der Waals surface area contributed by atoms with Gasteiger partial charge in [-0.3, -0.25) is 10.1 Å². The van der Waals surface area contributed by atoms with Gasteiger partial charge in [0.15, 0.2) is 0 Å². The van der Waals surface area contributed by atoms with E-state index in [1.165, 1.54) is 0 Å². The average Bonchev–Trinajstić information content (AvgIpc) is 3.02. The van der Waals surface area contributed by atoms with Crippen molar-refractivity contribution in [1.82, 2.24) is 9.80 Å². The number of piperidine rings is 1. The van der Waals surface area contributed by atoms with Gasteiger partial charge in [0.25, 0.3) is 0 Å². The number of carboxylic acid groups (broad SMARTS) is 1. The van der Waals surface area contributed by atoms with Crippen LogP contribution in [0.2, 0.25) is 0 Å². The van der Waals surface area contributed by atoms with Gasteiger partial charge in [-0.1, -0.05) is 55.0 Å². The number of hydrogen-bond acceptors (Lipinski definition) is 6. The lowest BCUT2D eigenvalue weighted by Gasteiger charge is -2.32. The number of rotatable bonds is 14. The summed E-state index contributed by atoms with van der Waals surface area (Å²) in [6.07, 6.45) is 4.22. The molecule has 0 bridgehead atoms. The second-order valence-electron chi connectivity index (χ2n) is 11.4. The number of aromatic carboxylic acids is 1. The van der Waals surface area contributed by atoms with E-state index in [-0.39, 0.29) is 12.0 Å². The van der Waals surface area contributed by atoms with E-state index in [4.69, 9.17) is 9.84 Å². The topological polar surface area (TPSA) is 111 Å². The van der Waals surface area contributed by atoms with Crippen LogP contribution in [0.1, 0.15) is 54.4 Å². The second-order valence-corrected chi connectivity index (χ2v) is 11.4. The van der Waals surface area contributed by atoms with Crippen molar-refractivity contribution in [1.29, 1.82) is 0 Å². The van der Waals surface area contributed by atoms with Gasteiger partial charge in [0.2, 0.25) is 5.91 Å². The maximum Gasteiger partial charge on any atom is 0.411 e. The molecule has 234 valence electrons. The number of nitrogens with one attached hydrogen (secondary N) is 2. The largest absolute Gasteiger partial charge is 0.478 e. The van der Waals surface area contributed by atoms with Gasteiger partial charge in [0.1, 0.15) is 6.10 Å². The summed E-state index contributed by atoms with van der Waals surface area (Å²) in [4.78, 5) is 40.6. The highest BCUT2D eigenvalue weighted by molar-refractivity contribution is 5.91. The summed E-state index contributed by atoms with van der Waals surface area (Å²) in [5, 5.41) is 15.4. The molecule has 2 amide bonds. The first kappa shape index (κ1) is 32.5. The van der Waals surface area contributed by atoms with Gasteiger partial charge in [-0.15, -0.1) is 0 Å². The lowest BCUT2D eigenvalue weighted by molar-refractivity contribution is -0.130. The Balaban J connectivity index is 1.07. The molecule has 0 aliphatic carbocycles. The summed E-state index contributed by atoms with van der Waals surface area (Å²) in [5.41, 5.74) is 4.67. The van der Waals surface area contributed by atoms with E-state index in [9.17, 15) is 14.4 Å². The fourth-order valence-corrected chi connectivity index (χ4v) is 5.43. The number of ether oxygens (including phenoxy) is 1. The molecule has 0 saturated carbocycles. The maximum absolute atomic E-state index is 12.7. The molecule has 44 heavy (non-hydrogen) atoms. The van der Waals surface area contributed by atoms with Crippen LogP contribution in [0.25, 0.3) is 11.1 Å². The van der Waals surface area contributed by atoms with Crippen LogP contribution in [0.5, 0.6) is 0 Å². The Morgan fingerprint density at radius 1 is 0.955 bits per heavy atom. The van der Waals surface area contributed by atoms with Gasteiger partial charge >= 0.3 is 12.1 Å². The van der Waals surface area contributed by atoms with Gasteiger partial charge in [-0.05, 0) is 68.0 Å². The predicted molar refractivity (Wildman–Crippen MR) is 174 cm³/mol. The number of carbonyl (C=O) groups excluding carboxylic acids is 2. The van der Waals surface area contributed by atoms with Crippen LogP contribution in [-0.2, 0) is 9.53 Å². The van der Waals surface area contributed by atoms with Gasteiger partial charge in [0, 0.05) is 57.4 Å². The van der Waals surface area contributed by atoms with Crippen molar-refractivity contribution in [3.8, 4) is 11.1 Å². The van der Waals surface area contributed by atoms with E-state index in [0.717, 1.165) is 86.3 Å². The molecule has 0 aromatic heterocycles. The third kappa shape index (κ3) is 9.84. The number of unbranched alkanes of at least 4 members (excludes halogenated alkanes) is 2. The minimum Gasteiger partial charge on any atom is -0.478 e. The van der Waals surface area contributed by atoms with Gasteiger partial charge < -0.3 is 25.0 Å². The van der Waals surface area contributed by atoms with Crippen molar-refractivity contribution in [3.05, 3.63) is 83.9 Å². The SMILES string of the molecule is Cc1cc(NCCCCCC(=O)N(C)CCN2CCC(OC(=O)Nc3ccccc3-c3ccccc3)CC2)ccc1C(=O)O. The Kier molecular flexibility index (Phi) is 12.2. The van der Waals surface area contributed by atoms with E-state index in [0.29, 0.717) is 18.5 Å². The number of para-hydroxylation sites is 1. The summed E-state index contributed by atoms with van der Waals surface area (Å²) < 4.78 is 5.75. The standard InChI is InChI=1S/C35H44N4O5/c1-26-25-28(16-17-30(26)34(41)42)36-20-10-4-7-15-33(40)38(2)23-24-39-21-18-29(19-22-39)44-35(43)37-32-14-9-8-13-31(32)27-11-5-3-6-12-27/h3,5-6,8-9,11-14,16-17,25,29,36H,4,7,10,15,18-24H2,1-2H3,(H,37,43)(H,41,42). The summed E-state index contributed by atoms with van der Waals surface area (Å²) in [6, 6.07) is 22.9. The molecule has 3 N–H and O–H groups in total. The molecule has 1 saturated heterocycles. The van der Waals surface area contributed by atoms with Crippen LogP contribution in [-0.4, -0.2) is 78.8 Å². The summed E-state index contributed by atoms with van der Waals surface area (Å²) in [6.45, 7) is 5.70. The molecule has 0 atom stereocenters. The number of anilines is 2. The number of likely N-dealkylation sites (N-methyl/N-ethyl adjacent to an activating group) is 1. The Morgan fingerprint density at radius 3 is 2.41 bits per heavy atom. The zero-order valence-corrected chi connectivity index (χ0v) is 25.8. The minimum absolute atomic E-state index is 0.128. The zero-order valence-electron chi connectivity index (χ0n) is 25.8. The van der Waals surface area contributed by atoms with Crippen molar-refractivity contribution < 1.29 is 24.2 Å². The number of aryl methyl sites for hydroxylation is 1. The van der Waals surface area contributed by atoms with E-state index in [1.54, 1.807) is 19.1 Å². The third-order valence-corrected chi connectivity index (χ3v) is 8.09. The smallest absolute Gasteiger partial charge is 0.411 e. The highest BCUT2D eigenvalue weighted by atomic mass is 16.6.